The summed E-state index contributed by atoms with van der Waals surface area (Å²) in [7, 11) is 0. The van der Waals surface area contributed by atoms with Gasteiger partial charge >= 0.3 is 0 Å². The number of rotatable bonds is 5. The van der Waals surface area contributed by atoms with Crippen LogP contribution >= 0.6 is 0 Å². The van der Waals surface area contributed by atoms with Gasteiger partial charge in [0.15, 0.2) is 0 Å². The average molecular weight is 354 g/mol. The molecule has 0 spiro atoms. The number of amides is 2. The van der Waals surface area contributed by atoms with Crippen molar-refractivity contribution in [3.05, 3.63) is 47.0 Å². The first-order valence-electron chi connectivity index (χ1n) is 9.99. The SMILES string of the molecule is CC1CCCN(C(=O)c2cccc(C(=O)NCCC3=CCCCC3)c2)C1. The summed E-state index contributed by atoms with van der Waals surface area (Å²) in [4.78, 5) is 27.1. The van der Waals surface area contributed by atoms with Crippen molar-refractivity contribution in [3.8, 4) is 0 Å². The van der Waals surface area contributed by atoms with Gasteiger partial charge in [-0.3, -0.25) is 9.59 Å². The number of carbonyl (C=O) groups excluding carboxylic acids is 2. The molecule has 0 aromatic heterocycles. The van der Waals surface area contributed by atoms with Gasteiger partial charge in [-0.1, -0.05) is 24.6 Å². The first-order chi connectivity index (χ1) is 12.6. The van der Waals surface area contributed by atoms with E-state index in [0.717, 1.165) is 32.4 Å². The molecule has 1 N–H and O–H groups in total. The third-order valence-corrected chi connectivity index (χ3v) is 5.43. The Hall–Kier alpha value is -2.10. The summed E-state index contributed by atoms with van der Waals surface area (Å²) < 4.78 is 0. The molecule has 1 unspecified atom stereocenters. The second-order valence-corrected chi connectivity index (χ2v) is 7.69. The van der Waals surface area contributed by atoms with Crippen molar-refractivity contribution < 1.29 is 9.59 Å². The molecule has 0 bridgehead atoms. The number of piperidine rings is 1. The Morgan fingerprint density at radius 3 is 2.81 bits per heavy atom. The fraction of sp³-hybridized carbons (Fsp3) is 0.545. The Morgan fingerprint density at radius 2 is 2.04 bits per heavy atom. The summed E-state index contributed by atoms with van der Waals surface area (Å²) in [6, 6.07) is 7.13. The molecule has 26 heavy (non-hydrogen) atoms. The van der Waals surface area contributed by atoms with E-state index in [-0.39, 0.29) is 11.8 Å². The maximum atomic E-state index is 12.7. The van der Waals surface area contributed by atoms with Crippen LogP contribution in [0.4, 0.5) is 0 Å². The zero-order chi connectivity index (χ0) is 18.4. The lowest BCUT2D eigenvalue weighted by Crippen LogP contribution is -2.39. The maximum absolute atomic E-state index is 12.7. The average Bonchev–Trinajstić information content (AvgIpc) is 2.68. The summed E-state index contributed by atoms with van der Waals surface area (Å²) in [6.07, 6.45) is 10.4. The predicted octanol–water partition coefficient (Wildman–Crippen LogP) is 4.18. The van der Waals surface area contributed by atoms with E-state index in [2.05, 4.69) is 18.3 Å². The van der Waals surface area contributed by atoms with Crippen LogP contribution in [-0.4, -0.2) is 36.3 Å². The molecule has 140 valence electrons. The fourth-order valence-electron chi connectivity index (χ4n) is 3.92. The van der Waals surface area contributed by atoms with E-state index >= 15 is 0 Å². The molecule has 1 aromatic rings. The Labute approximate surface area is 156 Å². The Kier molecular flexibility index (Phi) is 6.48. The topological polar surface area (TPSA) is 49.4 Å². The highest BCUT2D eigenvalue weighted by atomic mass is 16.2. The number of nitrogens with zero attached hydrogens (tertiary/aromatic N) is 1. The third-order valence-electron chi connectivity index (χ3n) is 5.43. The van der Waals surface area contributed by atoms with Crippen LogP contribution in [0.15, 0.2) is 35.9 Å². The molecule has 1 heterocycles. The molecular weight excluding hydrogens is 324 g/mol. The smallest absolute Gasteiger partial charge is 0.253 e. The molecular formula is C22H30N2O2. The van der Waals surface area contributed by atoms with Gasteiger partial charge in [-0.25, -0.2) is 0 Å². The van der Waals surface area contributed by atoms with E-state index in [1.54, 1.807) is 18.2 Å². The van der Waals surface area contributed by atoms with E-state index in [0.29, 0.717) is 23.6 Å². The number of carbonyl (C=O) groups is 2. The standard InChI is InChI=1S/C22H30N2O2/c1-17-7-6-14-24(16-17)22(26)20-11-5-10-19(15-20)21(25)23-13-12-18-8-3-2-4-9-18/h5,8,10-11,15,17H,2-4,6-7,9,12-14,16H2,1H3,(H,23,25). The number of likely N-dealkylation sites (tertiary alicyclic amines) is 1. The molecule has 2 aliphatic rings. The van der Waals surface area contributed by atoms with Crippen LogP contribution in [0.5, 0.6) is 0 Å². The minimum absolute atomic E-state index is 0.0403. The van der Waals surface area contributed by atoms with Gasteiger partial charge in [-0.15, -0.1) is 0 Å². The molecule has 1 aliphatic heterocycles. The number of nitrogens with one attached hydrogen (secondary N) is 1. The maximum Gasteiger partial charge on any atom is 0.253 e. The molecule has 3 rings (SSSR count). The summed E-state index contributed by atoms with van der Waals surface area (Å²) >= 11 is 0. The van der Waals surface area contributed by atoms with Crippen molar-refractivity contribution in [3.63, 3.8) is 0 Å². The van der Waals surface area contributed by atoms with E-state index in [1.807, 2.05) is 11.0 Å². The van der Waals surface area contributed by atoms with Gasteiger partial charge < -0.3 is 10.2 Å². The highest BCUT2D eigenvalue weighted by Crippen LogP contribution is 2.20. The largest absolute Gasteiger partial charge is 0.352 e. The third kappa shape index (κ3) is 4.96. The monoisotopic (exact) mass is 354 g/mol. The highest BCUT2D eigenvalue weighted by Gasteiger charge is 2.22. The molecule has 1 fully saturated rings. The van der Waals surface area contributed by atoms with Gasteiger partial charge in [0.05, 0.1) is 0 Å². The Bertz CT molecular complexity index is 680. The van der Waals surface area contributed by atoms with Gasteiger partial charge in [-0.05, 0) is 69.1 Å². The van der Waals surface area contributed by atoms with Crippen LogP contribution < -0.4 is 5.32 Å². The summed E-state index contributed by atoms with van der Waals surface area (Å²) in [6.45, 7) is 4.47. The Morgan fingerprint density at radius 1 is 1.19 bits per heavy atom. The zero-order valence-corrected chi connectivity index (χ0v) is 15.8. The van der Waals surface area contributed by atoms with Gasteiger partial charge in [-0.2, -0.15) is 0 Å². The molecule has 2 amide bonds. The molecule has 1 saturated heterocycles. The second kappa shape index (κ2) is 9.02. The second-order valence-electron chi connectivity index (χ2n) is 7.69. The van der Waals surface area contributed by atoms with Gasteiger partial charge in [0.1, 0.15) is 0 Å². The van der Waals surface area contributed by atoms with E-state index in [4.69, 9.17) is 0 Å². The van der Waals surface area contributed by atoms with Gasteiger partial charge in [0, 0.05) is 30.8 Å². The lowest BCUT2D eigenvalue weighted by molar-refractivity contribution is 0.0683. The number of benzene rings is 1. The highest BCUT2D eigenvalue weighted by molar-refractivity contribution is 5.99. The van der Waals surface area contributed by atoms with Crippen LogP contribution in [0.1, 0.15) is 72.6 Å². The summed E-state index contributed by atoms with van der Waals surface area (Å²) in [5.74, 6) is 0.495. The van der Waals surface area contributed by atoms with Crippen molar-refractivity contribution in [2.45, 2.75) is 51.9 Å². The molecule has 0 radical (unpaired) electrons. The minimum Gasteiger partial charge on any atom is -0.352 e. The quantitative estimate of drug-likeness (QED) is 0.807. The molecule has 1 atom stereocenters. The van der Waals surface area contributed by atoms with Crippen molar-refractivity contribution >= 4 is 11.8 Å². The number of allylic oxidation sites excluding steroid dienone is 1. The van der Waals surface area contributed by atoms with Crippen LogP contribution in [0.25, 0.3) is 0 Å². The van der Waals surface area contributed by atoms with Crippen LogP contribution in [0, 0.1) is 5.92 Å². The van der Waals surface area contributed by atoms with E-state index < -0.39 is 0 Å². The van der Waals surface area contributed by atoms with Crippen LogP contribution in [0.3, 0.4) is 0 Å². The number of hydrogen-bond donors (Lipinski definition) is 1. The molecule has 4 heteroatoms. The first kappa shape index (κ1) is 18.7. The number of hydrogen-bond acceptors (Lipinski definition) is 2. The molecule has 1 aliphatic carbocycles. The van der Waals surface area contributed by atoms with E-state index in [1.165, 1.54) is 31.3 Å². The van der Waals surface area contributed by atoms with Gasteiger partial charge in [0.25, 0.3) is 11.8 Å². The molecule has 4 nitrogen and oxygen atoms in total. The van der Waals surface area contributed by atoms with E-state index in [9.17, 15) is 9.59 Å². The minimum atomic E-state index is -0.0944. The summed E-state index contributed by atoms with van der Waals surface area (Å²) in [5.41, 5.74) is 2.64. The summed E-state index contributed by atoms with van der Waals surface area (Å²) in [5, 5.41) is 2.99. The molecule has 0 saturated carbocycles. The van der Waals surface area contributed by atoms with Crippen molar-refractivity contribution in [1.29, 1.82) is 0 Å². The fourth-order valence-corrected chi connectivity index (χ4v) is 3.92. The van der Waals surface area contributed by atoms with Crippen molar-refractivity contribution in [2.75, 3.05) is 19.6 Å². The predicted molar refractivity (Wildman–Crippen MR) is 104 cm³/mol. The zero-order valence-electron chi connectivity index (χ0n) is 15.8. The van der Waals surface area contributed by atoms with Crippen molar-refractivity contribution in [1.82, 2.24) is 10.2 Å². The van der Waals surface area contributed by atoms with Crippen LogP contribution in [0.2, 0.25) is 0 Å². The van der Waals surface area contributed by atoms with Gasteiger partial charge in [0.2, 0.25) is 0 Å². The normalized spacial score (nSPS) is 20.4. The molecule has 1 aromatic carbocycles. The van der Waals surface area contributed by atoms with Crippen molar-refractivity contribution in [2.24, 2.45) is 5.92 Å². The first-order valence-corrected chi connectivity index (χ1v) is 9.99. The Balaban J connectivity index is 1.56. The van der Waals surface area contributed by atoms with Crippen LogP contribution in [-0.2, 0) is 0 Å². The lowest BCUT2D eigenvalue weighted by atomic mass is 9.97. The lowest BCUT2D eigenvalue weighted by Gasteiger charge is -2.31.